The summed E-state index contributed by atoms with van der Waals surface area (Å²) in [5.41, 5.74) is -0.987. The number of ether oxygens (including phenoxy) is 1. The van der Waals surface area contributed by atoms with Gasteiger partial charge in [-0.05, 0) is 19.8 Å². The van der Waals surface area contributed by atoms with Crippen LogP contribution in [0.25, 0.3) is 0 Å². The second-order valence-corrected chi connectivity index (χ2v) is 4.27. The number of carbonyl (C=O) groups is 2. The molecule has 1 aliphatic rings. The minimum Gasteiger partial charge on any atom is -0.381 e. The summed E-state index contributed by atoms with van der Waals surface area (Å²) in [5.74, 6) is -0.395. The molecule has 0 aromatic carbocycles. The lowest BCUT2D eigenvalue weighted by Gasteiger charge is -2.29. The first-order valence-corrected chi connectivity index (χ1v) is 6.18. The van der Waals surface area contributed by atoms with Crippen molar-refractivity contribution in [3.05, 3.63) is 0 Å². The van der Waals surface area contributed by atoms with Gasteiger partial charge in [0.15, 0.2) is 0 Å². The number of amides is 2. The van der Waals surface area contributed by atoms with Gasteiger partial charge in [0.05, 0.1) is 6.07 Å². The van der Waals surface area contributed by atoms with Crippen LogP contribution in [0.4, 0.5) is 0 Å². The molecule has 0 atom stereocenters. The maximum Gasteiger partial charge on any atom is 0.240 e. The van der Waals surface area contributed by atoms with E-state index in [1.807, 2.05) is 6.92 Å². The molecule has 0 radical (unpaired) electrons. The van der Waals surface area contributed by atoms with Gasteiger partial charge in [0.1, 0.15) is 5.41 Å². The molecule has 1 saturated heterocycles. The predicted molar refractivity (Wildman–Crippen MR) is 64.4 cm³/mol. The summed E-state index contributed by atoms with van der Waals surface area (Å²) in [5, 5.41) is 14.5. The van der Waals surface area contributed by atoms with E-state index >= 15 is 0 Å². The van der Waals surface area contributed by atoms with Crippen molar-refractivity contribution < 1.29 is 14.3 Å². The Morgan fingerprint density at radius 1 is 1.33 bits per heavy atom. The van der Waals surface area contributed by atoms with Crippen LogP contribution in [0.3, 0.4) is 0 Å². The number of nitrogens with one attached hydrogen (secondary N) is 2. The third-order valence-electron chi connectivity index (χ3n) is 3.01. The maximum atomic E-state index is 12.0. The first kappa shape index (κ1) is 14.5. The molecular formula is C12H19N3O3. The molecule has 0 bridgehead atoms. The lowest BCUT2D eigenvalue weighted by Crippen LogP contribution is -2.44. The molecule has 0 aromatic heterocycles. The summed E-state index contributed by atoms with van der Waals surface area (Å²) in [4.78, 5) is 23.2. The molecule has 0 aromatic rings. The molecule has 0 aliphatic carbocycles. The summed E-state index contributed by atoms with van der Waals surface area (Å²) < 4.78 is 5.16. The Kier molecular flexibility index (Phi) is 5.59. The lowest BCUT2D eigenvalue weighted by atomic mass is 9.81. The molecule has 2 amide bonds. The Balaban J connectivity index is 2.39. The number of nitrogens with zero attached hydrogens (tertiary/aromatic N) is 1. The third-order valence-corrected chi connectivity index (χ3v) is 3.01. The topological polar surface area (TPSA) is 91.2 Å². The van der Waals surface area contributed by atoms with Crippen LogP contribution < -0.4 is 10.6 Å². The van der Waals surface area contributed by atoms with Crippen LogP contribution in [-0.2, 0) is 14.3 Å². The van der Waals surface area contributed by atoms with Gasteiger partial charge < -0.3 is 15.4 Å². The largest absolute Gasteiger partial charge is 0.381 e. The van der Waals surface area contributed by atoms with Gasteiger partial charge in [-0.25, -0.2) is 0 Å². The van der Waals surface area contributed by atoms with E-state index in [9.17, 15) is 9.59 Å². The van der Waals surface area contributed by atoms with E-state index in [1.54, 1.807) is 0 Å². The van der Waals surface area contributed by atoms with Gasteiger partial charge in [0, 0.05) is 32.7 Å². The Morgan fingerprint density at radius 3 is 2.56 bits per heavy atom. The number of nitriles is 1. The molecule has 1 fully saturated rings. The summed E-state index contributed by atoms with van der Waals surface area (Å²) >= 11 is 0. The minimum absolute atomic E-state index is 0.101. The van der Waals surface area contributed by atoms with Crippen molar-refractivity contribution in [2.24, 2.45) is 5.41 Å². The van der Waals surface area contributed by atoms with Gasteiger partial charge in [0.25, 0.3) is 0 Å². The number of carbonyl (C=O) groups excluding carboxylic acids is 2. The number of hydrogen-bond donors (Lipinski definition) is 2. The van der Waals surface area contributed by atoms with Crippen LogP contribution in [-0.4, -0.2) is 38.1 Å². The Morgan fingerprint density at radius 2 is 2.00 bits per heavy atom. The second-order valence-electron chi connectivity index (χ2n) is 4.27. The van der Waals surface area contributed by atoms with Gasteiger partial charge in [-0.15, -0.1) is 0 Å². The van der Waals surface area contributed by atoms with Crippen LogP contribution >= 0.6 is 0 Å². The zero-order chi connectivity index (χ0) is 13.4. The predicted octanol–water partition coefficient (Wildman–Crippen LogP) is -0.0508. The van der Waals surface area contributed by atoms with Crippen molar-refractivity contribution in [1.82, 2.24) is 10.6 Å². The van der Waals surface area contributed by atoms with E-state index in [1.165, 1.54) is 0 Å². The number of hydrogen-bond acceptors (Lipinski definition) is 4. The summed E-state index contributed by atoms with van der Waals surface area (Å²) in [6, 6.07) is 2.09. The Labute approximate surface area is 107 Å². The van der Waals surface area contributed by atoms with E-state index in [0.29, 0.717) is 32.6 Å². The normalized spacial score (nSPS) is 17.6. The fourth-order valence-corrected chi connectivity index (χ4v) is 1.85. The average molecular weight is 253 g/mol. The van der Waals surface area contributed by atoms with E-state index in [-0.39, 0.29) is 24.8 Å². The molecule has 0 saturated carbocycles. The maximum absolute atomic E-state index is 12.0. The fourth-order valence-electron chi connectivity index (χ4n) is 1.85. The highest BCUT2D eigenvalue weighted by molar-refractivity contribution is 5.86. The van der Waals surface area contributed by atoms with E-state index in [4.69, 9.17) is 10.00 Å². The molecular weight excluding hydrogens is 234 g/mol. The molecule has 1 rings (SSSR count). The highest BCUT2D eigenvalue weighted by Gasteiger charge is 2.40. The van der Waals surface area contributed by atoms with Crippen molar-refractivity contribution in [3.8, 4) is 6.07 Å². The Bertz CT molecular complexity index is 343. The van der Waals surface area contributed by atoms with E-state index < -0.39 is 5.41 Å². The van der Waals surface area contributed by atoms with Gasteiger partial charge in [-0.2, -0.15) is 5.26 Å². The third kappa shape index (κ3) is 3.70. The van der Waals surface area contributed by atoms with Crippen molar-refractivity contribution in [3.63, 3.8) is 0 Å². The molecule has 1 heterocycles. The van der Waals surface area contributed by atoms with Crippen molar-refractivity contribution in [2.75, 3.05) is 26.3 Å². The summed E-state index contributed by atoms with van der Waals surface area (Å²) in [6.07, 6.45) is 1.06. The minimum atomic E-state index is -0.987. The van der Waals surface area contributed by atoms with Crippen LogP contribution in [0.15, 0.2) is 0 Å². The van der Waals surface area contributed by atoms with E-state index in [0.717, 1.165) is 0 Å². The van der Waals surface area contributed by atoms with Gasteiger partial charge >= 0.3 is 0 Å². The SMILES string of the molecule is CCNC(=O)CCNC(=O)C1(C#N)CCOCC1. The first-order chi connectivity index (χ1) is 8.64. The van der Waals surface area contributed by atoms with Crippen LogP contribution in [0.2, 0.25) is 0 Å². The molecule has 100 valence electrons. The monoisotopic (exact) mass is 253 g/mol. The van der Waals surface area contributed by atoms with Crippen LogP contribution in [0, 0.1) is 16.7 Å². The molecule has 2 N–H and O–H groups in total. The van der Waals surface area contributed by atoms with Crippen LogP contribution in [0.1, 0.15) is 26.2 Å². The van der Waals surface area contributed by atoms with Crippen LogP contribution in [0.5, 0.6) is 0 Å². The first-order valence-electron chi connectivity index (χ1n) is 6.18. The molecule has 1 aliphatic heterocycles. The number of rotatable bonds is 5. The van der Waals surface area contributed by atoms with Crippen molar-refractivity contribution in [2.45, 2.75) is 26.2 Å². The lowest BCUT2D eigenvalue weighted by molar-refractivity contribution is -0.132. The van der Waals surface area contributed by atoms with Crippen molar-refractivity contribution >= 4 is 11.8 Å². The zero-order valence-electron chi connectivity index (χ0n) is 10.6. The molecule has 6 heteroatoms. The Hall–Kier alpha value is -1.61. The second kappa shape index (κ2) is 6.97. The fraction of sp³-hybridized carbons (Fsp3) is 0.750. The standard InChI is InChI=1S/C12H19N3O3/c1-2-14-10(16)3-6-15-11(17)12(9-13)4-7-18-8-5-12/h2-8H2,1H3,(H,14,16)(H,15,17). The average Bonchev–Trinajstić information content (AvgIpc) is 2.39. The summed E-state index contributed by atoms with van der Waals surface area (Å²) in [6.45, 7) is 3.53. The molecule has 6 nitrogen and oxygen atoms in total. The van der Waals surface area contributed by atoms with E-state index in [2.05, 4.69) is 16.7 Å². The highest BCUT2D eigenvalue weighted by Crippen LogP contribution is 2.29. The molecule has 0 unspecified atom stereocenters. The van der Waals surface area contributed by atoms with Crippen molar-refractivity contribution in [1.29, 1.82) is 5.26 Å². The van der Waals surface area contributed by atoms with Gasteiger partial charge in [0.2, 0.25) is 11.8 Å². The quantitative estimate of drug-likeness (QED) is 0.718. The van der Waals surface area contributed by atoms with Gasteiger partial charge in [-0.1, -0.05) is 0 Å². The highest BCUT2D eigenvalue weighted by atomic mass is 16.5. The summed E-state index contributed by atoms with van der Waals surface area (Å²) in [7, 11) is 0. The molecule has 18 heavy (non-hydrogen) atoms. The van der Waals surface area contributed by atoms with Gasteiger partial charge in [-0.3, -0.25) is 9.59 Å². The smallest absolute Gasteiger partial charge is 0.240 e. The zero-order valence-corrected chi connectivity index (χ0v) is 10.6. The molecule has 0 spiro atoms.